The Morgan fingerprint density at radius 2 is 2.17 bits per heavy atom. The van der Waals surface area contributed by atoms with E-state index in [1.165, 1.54) is 5.56 Å². The number of benzene rings is 1. The topological polar surface area (TPSA) is 53.2 Å². The fourth-order valence-corrected chi connectivity index (χ4v) is 2.44. The molecule has 2 rings (SSSR count). The van der Waals surface area contributed by atoms with Gasteiger partial charge in [0.05, 0.1) is 18.8 Å². The van der Waals surface area contributed by atoms with Crippen LogP contribution in [0.3, 0.4) is 0 Å². The number of nitrogens with zero attached hydrogens (tertiary/aromatic N) is 1. The minimum Gasteiger partial charge on any atom is -0.387 e. The Balaban J connectivity index is 2.22. The van der Waals surface area contributed by atoms with E-state index >= 15 is 0 Å². The predicted molar refractivity (Wildman–Crippen MR) is 68.9 cm³/mol. The maximum Gasteiger partial charge on any atom is 0.111 e. The van der Waals surface area contributed by atoms with Gasteiger partial charge in [0, 0.05) is 6.61 Å². The monoisotopic (exact) mass is 245 g/mol. The number of aryl methyl sites for hydroxylation is 1. The van der Waals surface area contributed by atoms with Crippen molar-refractivity contribution in [1.29, 1.82) is 5.26 Å². The third kappa shape index (κ3) is 2.40. The summed E-state index contributed by atoms with van der Waals surface area (Å²) in [6.45, 7) is 3.10. The summed E-state index contributed by atoms with van der Waals surface area (Å²) in [7, 11) is 0. The van der Waals surface area contributed by atoms with Gasteiger partial charge in [-0.05, 0) is 30.4 Å². The second-order valence-corrected chi connectivity index (χ2v) is 4.92. The van der Waals surface area contributed by atoms with Gasteiger partial charge in [-0.3, -0.25) is 0 Å². The van der Waals surface area contributed by atoms with Crippen LogP contribution in [-0.4, -0.2) is 18.3 Å². The first kappa shape index (κ1) is 13.1. The lowest BCUT2D eigenvalue weighted by Gasteiger charge is -2.35. The van der Waals surface area contributed by atoms with E-state index in [4.69, 9.17) is 4.74 Å². The summed E-state index contributed by atoms with van der Waals surface area (Å²) >= 11 is 0. The average molecular weight is 245 g/mol. The fraction of sp³-hybridized carbons (Fsp3) is 0.533. The smallest absolute Gasteiger partial charge is 0.111 e. The van der Waals surface area contributed by atoms with Gasteiger partial charge in [0.2, 0.25) is 0 Å². The molecular formula is C15H19NO2. The molecule has 1 aromatic carbocycles. The molecule has 0 aliphatic carbocycles. The van der Waals surface area contributed by atoms with E-state index in [0.717, 1.165) is 18.4 Å². The molecule has 0 radical (unpaired) electrons. The summed E-state index contributed by atoms with van der Waals surface area (Å²) in [4.78, 5) is 0. The minimum absolute atomic E-state index is 0.320. The molecule has 3 nitrogen and oxygen atoms in total. The van der Waals surface area contributed by atoms with Crippen molar-refractivity contribution in [2.75, 3.05) is 13.2 Å². The van der Waals surface area contributed by atoms with Gasteiger partial charge in [-0.25, -0.2) is 0 Å². The standard InChI is InChI=1S/C15H19NO2/c1-2-12-4-6-13(7-5-12)14(17)15(10-16)8-3-9-18-11-15/h4-7,14,17H,2-3,8-9,11H2,1H3. The van der Waals surface area contributed by atoms with E-state index < -0.39 is 11.5 Å². The van der Waals surface area contributed by atoms with Gasteiger partial charge in [0.15, 0.2) is 0 Å². The molecule has 1 N–H and O–H groups in total. The first-order chi connectivity index (χ1) is 8.72. The van der Waals surface area contributed by atoms with E-state index in [1.807, 2.05) is 24.3 Å². The van der Waals surface area contributed by atoms with Crippen LogP contribution in [0.1, 0.15) is 37.0 Å². The highest BCUT2D eigenvalue weighted by Crippen LogP contribution is 2.40. The van der Waals surface area contributed by atoms with Gasteiger partial charge < -0.3 is 9.84 Å². The number of nitriles is 1. The van der Waals surface area contributed by atoms with Crippen molar-refractivity contribution in [2.24, 2.45) is 5.41 Å². The van der Waals surface area contributed by atoms with Gasteiger partial charge in [-0.15, -0.1) is 0 Å². The minimum atomic E-state index is -0.786. The van der Waals surface area contributed by atoms with Crippen LogP contribution in [0.5, 0.6) is 0 Å². The third-order valence-corrected chi connectivity index (χ3v) is 3.72. The van der Waals surface area contributed by atoms with Gasteiger partial charge >= 0.3 is 0 Å². The van der Waals surface area contributed by atoms with Crippen molar-refractivity contribution < 1.29 is 9.84 Å². The molecule has 3 heteroatoms. The molecular weight excluding hydrogens is 226 g/mol. The highest BCUT2D eigenvalue weighted by atomic mass is 16.5. The SMILES string of the molecule is CCc1ccc(C(O)C2(C#N)CCCOC2)cc1. The Bertz CT molecular complexity index is 427. The lowest BCUT2D eigenvalue weighted by atomic mass is 9.76. The molecule has 1 aliphatic heterocycles. The molecule has 2 atom stereocenters. The molecule has 1 heterocycles. The van der Waals surface area contributed by atoms with Crippen molar-refractivity contribution >= 4 is 0 Å². The zero-order chi connectivity index (χ0) is 13.0. The fourth-order valence-electron chi connectivity index (χ4n) is 2.44. The first-order valence-corrected chi connectivity index (χ1v) is 6.48. The molecule has 0 aromatic heterocycles. The lowest BCUT2D eigenvalue weighted by molar-refractivity contribution is -0.0505. The Morgan fingerprint density at radius 3 is 2.67 bits per heavy atom. The second-order valence-electron chi connectivity index (χ2n) is 4.92. The molecule has 1 aromatic rings. The van der Waals surface area contributed by atoms with Crippen molar-refractivity contribution in [2.45, 2.75) is 32.3 Å². The van der Waals surface area contributed by atoms with Crippen LogP contribution in [0.25, 0.3) is 0 Å². The molecule has 0 bridgehead atoms. The Kier molecular flexibility index (Phi) is 4.00. The number of rotatable bonds is 3. The third-order valence-electron chi connectivity index (χ3n) is 3.72. The highest BCUT2D eigenvalue weighted by Gasteiger charge is 2.41. The molecule has 1 aliphatic rings. The van der Waals surface area contributed by atoms with Gasteiger partial charge in [-0.2, -0.15) is 5.26 Å². The largest absolute Gasteiger partial charge is 0.387 e. The predicted octanol–water partition coefficient (Wildman–Crippen LogP) is 2.60. The molecule has 0 spiro atoms. The number of ether oxygens (including phenoxy) is 1. The zero-order valence-electron chi connectivity index (χ0n) is 10.7. The number of aliphatic hydroxyl groups excluding tert-OH is 1. The molecule has 0 amide bonds. The molecule has 18 heavy (non-hydrogen) atoms. The van der Waals surface area contributed by atoms with Crippen LogP contribution in [-0.2, 0) is 11.2 Å². The van der Waals surface area contributed by atoms with Crippen LogP contribution >= 0.6 is 0 Å². The molecule has 1 saturated heterocycles. The van der Waals surface area contributed by atoms with Crippen LogP contribution in [0.2, 0.25) is 0 Å². The summed E-state index contributed by atoms with van der Waals surface area (Å²) in [6, 6.07) is 10.1. The first-order valence-electron chi connectivity index (χ1n) is 6.48. The Hall–Kier alpha value is -1.37. The highest BCUT2D eigenvalue weighted by molar-refractivity contribution is 5.27. The van der Waals surface area contributed by atoms with Crippen molar-refractivity contribution in [3.05, 3.63) is 35.4 Å². The summed E-state index contributed by atoms with van der Waals surface area (Å²) in [6.07, 6.45) is 1.73. The second kappa shape index (κ2) is 5.51. The van der Waals surface area contributed by atoms with E-state index in [0.29, 0.717) is 19.6 Å². The maximum absolute atomic E-state index is 10.5. The summed E-state index contributed by atoms with van der Waals surface area (Å²) in [5.41, 5.74) is 1.25. The summed E-state index contributed by atoms with van der Waals surface area (Å²) in [5.74, 6) is 0. The van der Waals surface area contributed by atoms with Gasteiger partial charge in [-0.1, -0.05) is 31.2 Å². The van der Waals surface area contributed by atoms with Crippen LogP contribution in [0, 0.1) is 16.7 Å². The maximum atomic E-state index is 10.5. The Morgan fingerprint density at radius 1 is 1.44 bits per heavy atom. The molecule has 0 saturated carbocycles. The van der Waals surface area contributed by atoms with Crippen molar-refractivity contribution in [3.63, 3.8) is 0 Å². The quantitative estimate of drug-likeness (QED) is 0.890. The van der Waals surface area contributed by atoms with E-state index in [-0.39, 0.29) is 0 Å². The van der Waals surface area contributed by atoms with Gasteiger partial charge in [0.25, 0.3) is 0 Å². The summed E-state index contributed by atoms with van der Waals surface area (Å²) in [5, 5.41) is 19.8. The van der Waals surface area contributed by atoms with Crippen LogP contribution in [0.4, 0.5) is 0 Å². The summed E-state index contributed by atoms with van der Waals surface area (Å²) < 4.78 is 5.38. The average Bonchev–Trinajstić information content (AvgIpc) is 2.47. The Labute approximate surface area is 108 Å². The van der Waals surface area contributed by atoms with Gasteiger partial charge in [0.1, 0.15) is 5.41 Å². The molecule has 2 unspecified atom stereocenters. The zero-order valence-corrected chi connectivity index (χ0v) is 10.7. The van der Waals surface area contributed by atoms with E-state index in [9.17, 15) is 10.4 Å². The van der Waals surface area contributed by atoms with Crippen LogP contribution in [0.15, 0.2) is 24.3 Å². The lowest BCUT2D eigenvalue weighted by Crippen LogP contribution is -2.36. The number of hydrogen-bond donors (Lipinski definition) is 1. The van der Waals surface area contributed by atoms with Crippen LogP contribution < -0.4 is 0 Å². The normalized spacial score (nSPS) is 25.4. The molecule has 1 fully saturated rings. The van der Waals surface area contributed by atoms with E-state index in [2.05, 4.69) is 13.0 Å². The van der Waals surface area contributed by atoms with E-state index in [1.54, 1.807) is 0 Å². The van der Waals surface area contributed by atoms with Crippen molar-refractivity contribution in [1.82, 2.24) is 0 Å². The molecule has 96 valence electrons. The number of aliphatic hydroxyl groups is 1. The van der Waals surface area contributed by atoms with Crippen molar-refractivity contribution in [3.8, 4) is 6.07 Å². The number of hydrogen-bond acceptors (Lipinski definition) is 3.